The van der Waals surface area contributed by atoms with E-state index in [1.54, 1.807) is 12.1 Å². The minimum Gasteiger partial charge on any atom is -0.459 e. The van der Waals surface area contributed by atoms with Crippen molar-refractivity contribution in [2.24, 2.45) is 0 Å². The van der Waals surface area contributed by atoms with Crippen molar-refractivity contribution in [2.75, 3.05) is 19.6 Å². The van der Waals surface area contributed by atoms with Crippen LogP contribution in [-0.2, 0) is 0 Å². The predicted molar refractivity (Wildman–Crippen MR) is 85.8 cm³/mol. The van der Waals surface area contributed by atoms with Gasteiger partial charge in [-0.1, -0.05) is 29.8 Å². The van der Waals surface area contributed by atoms with E-state index in [2.05, 4.69) is 41.4 Å². The van der Waals surface area contributed by atoms with E-state index in [-0.39, 0.29) is 11.9 Å². The average Bonchev–Trinajstić information content (AvgIpc) is 3.22. The molecule has 0 spiro atoms. The summed E-state index contributed by atoms with van der Waals surface area (Å²) in [5.41, 5.74) is 2.51. The maximum atomic E-state index is 12.1. The van der Waals surface area contributed by atoms with Crippen molar-refractivity contribution in [3.8, 4) is 0 Å². The zero-order valence-corrected chi connectivity index (χ0v) is 12.9. The van der Waals surface area contributed by atoms with E-state index in [4.69, 9.17) is 4.42 Å². The summed E-state index contributed by atoms with van der Waals surface area (Å²) in [6.07, 6.45) is 3.98. The summed E-state index contributed by atoms with van der Waals surface area (Å²) < 4.78 is 5.15. The van der Waals surface area contributed by atoms with E-state index < -0.39 is 0 Å². The first-order chi connectivity index (χ1) is 10.7. The third-order valence-corrected chi connectivity index (χ3v) is 4.24. The van der Waals surface area contributed by atoms with Crippen LogP contribution < -0.4 is 5.32 Å². The number of carbonyl (C=O) groups is 1. The van der Waals surface area contributed by atoms with Crippen LogP contribution in [0.3, 0.4) is 0 Å². The van der Waals surface area contributed by atoms with Gasteiger partial charge in [-0.15, -0.1) is 0 Å². The van der Waals surface area contributed by atoms with E-state index in [1.165, 1.54) is 30.2 Å². The van der Waals surface area contributed by atoms with Crippen LogP contribution in [0.4, 0.5) is 0 Å². The van der Waals surface area contributed by atoms with E-state index in [1.807, 2.05) is 0 Å². The minimum absolute atomic E-state index is 0.152. The molecule has 2 heterocycles. The van der Waals surface area contributed by atoms with Gasteiger partial charge in [0.15, 0.2) is 5.76 Å². The van der Waals surface area contributed by atoms with Crippen molar-refractivity contribution in [3.63, 3.8) is 0 Å². The monoisotopic (exact) mass is 298 g/mol. The number of nitrogens with one attached hydrogen (secondary N) is 1. The summed E-state index contributed by atoms with van der Waals surface area (Å²) in [7, 11) is 0. The highest BCUT2D eigenvalue weighted by molar-refractivity contribution is 5.91. The summed E-state index contributed by atoms with van der Waals surface area (Å²) in [6, 6.07) is 12.2. The fraction of sp³-hybridized carbons (Fsp3) is 0.389. The Labute approximate surface area is 131 Å². The predicted octanol–water partition coefficient (Wildman–Crippen LogP) is 3.15. The molecule has 4 heteroatoms. The maximum absolute atomic E-state index is 12.1. The van der Waals surface area contributed by atoms with Gasteiger partial charge < -0.3 is 9.73 Å². The molecule has 1 N–H and O–H groups in total. The molecule has 0 bridgehead atoms. The normalized spacial score (nSPS) is 16.6. The first-order valence-electron chi connectivity index (χ1n) is 7.86. The second-order valence-corrected chi connectivity index (χ2v) is 5.86. The van der Waals surface area contributed by atoms with E-state index in [9.17, 15) is 4.79 Å². The molecule has 1 saturated heterocycles. The van der Waals surface area contributed by atoms with Gasteiger partial charge in [0.05, 0.1) is 12.3 Å². The molecule has 1 fully saturated rings. The number of amides is 1. The van der Waals surface area contributed by atoms with Gasteiger partial charge in [0, 0.05) is 6.54 Å². The highest BCUT2D eigenvalue weighted by Gasteiger charge is 2.24. The third kappa shape index (κ3) is 3.39. The Bertz CT molecular complexity index is 599. The summed E-state index contributed by atoms with van der Waals surface area (Å²) in [6.45, 7) is 4.88. The molecule has 3 rings (SSSR count). The second-order valence-electron chi connectivity index (χ2n) is 5.86. The fourth-order valence-electron chi connectivity index (χ4n) is 2.98. The van der Waals surface area contributed by atoms with Crippen LogP contribution in [0.5, 0.6) is 0 Å². The standard InChI is InChI=1S/C18H22N2O2/c1-14-6-8-15(9-7-14)16(20-10-2-3-11-20)13-19-18(21)17-5-4-12-22-17/h4-9,12,16H,2-3,10-11,13H2,1H3,(H,19,21)/t16-/m1/s1. The largest absolute Gasteiger partial charge is 0.459 e. The number of furan rings is 1. The van der Waals surface area contributed by atoms with Gasteiger partial charge in [-0.25, -0.2) is 0 Å². The molecular weight excluding hydrogens is 276 g/mol. The Balaban J connectivity index is 1.71. The highest BCUT2D eigenvalue weighted by Crippen LogP contribution is 2.25. The number of carbonyl (C=O) groups excluding carboxylic acids is 1. The first kappa shape index (κ1) is 14.9. The Morgan fingerprint density at radius 3 is 2.59 bits per heavy atom. The van der Waals surface area contributed by atoms with Gasteiger partial charge >= 0.3 is 0 Å². The second kappa shape index (κ2) is 6.79. The van der Waals surface area contributed by atoms with Crippen LogP contribution in [0, 0.1) is 6.92 Å². The summed E-state index contributed by atoms with van der Waals surface area (Å²) >= 11 is 0. The Morgan fingerprint density at radius 2 is 1.95 bits per heavy atom. The van der Waals surface area contributed by atoms with Crippen LogP contribution in [-0.4, -0.2) is 30.4 Å². The smallest absolute Gasteiger partial charge is 0.287 e. The number of hydrogen-bond acceptors (Lipinski definition) is 3. The van der Waals surface area contributed by atoms with Gasteiger partial charge in [-0.05, 0) is 50.6 Å². The van der Waals surface area contributed by atoms with Gasteiger partial charge in [0.1, 0.15) is 0 Å². The molecular formula is C18H22N2O2. The van der Waals surface area contributed by atoms with Crippen LogP contribution >= 0.6 is 0 Å². The van der Waals surface area contributed by atoms with E-state index >= 15 is 0 Å². The lowest BCUT2D eigenvalue weighted by Crippen LogP contribution is -2.36. The molecule has 0 aliphatic carbocycles. The van der Waals surface area contributed by atoms with E-state index in [0.717, 1.165) is 13.1 Å². The zero-order chi connectivity index (χ0) is 15.4. The summed E-state index contributed by atoms with van der Waals surface area (Å²) in [5, 5.41) is 3.00. The molecule has 0 saturated carbocycles. The van der Waals surface area contributed by atoms with Crippen molar-refractivity contribution >= 4 is 5.91 Å². The van der Waals surface area contributed by atoms with Crippen molar-refractivity contribution in [1.82, 2.24) is 10.2 Å². The maximum Gasteiger partial charge on any atom is 0.287 e. The molecule has 0 unspecified atom stereocenters. The molecule has 1 aromatic carbocycles. The van der Waals surface area contributed by atoms with Crippen LogP contribution in [0.25, 0.3) is 0 Å². The van der Waals surface area contributed by atoms with Gasteiger partial charge in [0.2, 0.25) is 0 Å². The lowest BCUT2D eigenvalue weighted by atomic mass is 10.0. The SMILES string of the molecule is Cc1ccc([C@@H](CNC(=O)c2ccco2)N2CCCC2)cc1. The van der Waals surface area contributed by atoms with Crippen LogP contribution in [0.1, 0.15) is 40.6 Å². The Morgan fingerprint density at radius 1 is 1.23 bits per heavy atom. The molecule has 2 aromatic rings. The summed E-state index contributed by atoms with van der Waals surface area (Å²) in [4.78, 5) is 14.5. The number of hydrogen-bond donors (Lipinski definition) is 1. The Hall–Kier alpha value is -2.07. The Kier molecular flexibility index (Phi) is 4.59. The molecule has 4 nitrogen and oxygen atoms in total. The lowest BCUT2D eigenvalue weighted by molar-refractivity contribution is 0.0910. The van der Waals surface area contributed by atoms with Crippen molar-refractivity contribution in [1.29, 1.82) is 0 Å². The number of likely N-dealkylation sites (tertiary alicyclic amines) is 1. The van der Waals surface area contributed by atoms with Gasteiger partial charge in [-0.3, -0.25) is 9.69 Å². The third-order valence-electron chi connectivity index (χ3n) is 4.24. The molecule has 1 aliphatic heterocycles. The molecule has 1 atom stereocenters. The van der Waals surface area contributed by atoms with Crippen LogP contribution in [0.2, 0.25) is 0 Å². The zero-order valence-electron chi connectivity index (χ0n) is 12.9. The number of benzene rings is 1. The summed E-state index contributed by atoms with van der Waals surface area (Å²) in [5.74, 6) is 0.213. The van der Waals surface area contributed by atoms with Crippen LogP contribution in [0.15, 0.2) is 47.1 Å². The number of nitrogens with zero attached hydrogens (tertiary/aromatic N) is 1. The molecule has 1 amide bonds. The lowest BCUT2D eigenvalue weighted by Gasteiger charge is -2.28. The van der Waals surface area contributed by atoms with E-state index in [0.29, 0.717) is 12.3 Å². The fourth-order valence-corrected chi connectivity index (χ4v) is 2.98. The molecule has 1 aromatic heterocycles. The quantitative estimate of drug-likeness (QED) is 0.922. The number of aryl methyl sites for hydroxylation is 1. The number of rotatable bonds is 5. The molecule has 0 radical (unpaired) electrons. The van der Waals surface area contributed by atoms with Crippen molar-refractivity contribution in [2.45, 2.75) is 25.8 Å². The van der Waals surface area contributed by atoms with Gasteiger partial charge in [-0.2, -0.15) is 0 Å². The topological polar surface area (TPSA) is 45.5 Å². The van der Waals surface area contributed by atoms with Crippen molar-refractivity contribution in [3.05, 3.63) is 59.5 Å². The van der Waals surface area contributed by atoms with Crippen molar-refractivity contribution < 1.29 is 9.21 Å². The minimum atomic E-state index is -0.152. The highest BCUT2D eigenvalue weighted by atomic mass is 16.3. The molecule has 22 heavy (non-hydrogen) atoms. The molecule has 116 valence electrons. The average molecular weight is 298 g/mol. The van der Waals surface area contributed by atoms with Gasteiger partial charge in [0.25, 0.3) is 5.91 Å². The first-order valence-corrected chi connectivity index (χ1v) is 7.86. The molecule has 1 aliphatic rings.